The fraction of sp³-hybridized carbons (Fsp3) is 0.391. The average Bonchev–Trinajstić information content (AvgIpc) is 3.27. The number of carbonyl (C=O) groups is 2. The summed E-state index contributed by atoms with van der Waals surface area (Å²) in [5.74, 6) is 1.32. The lowest BCUT2D eigenvalue weighted by atomic mass is 10.1. The molecule has 2 aliphatic rings. The lowest BCUT2D eigenvalue weighted by Gasteiger charge is -2.37. The molecule has 1 fully saturated rings. The molecule has 1 saturated heterocycles. The van der Waals surface area contributed by atoms with Gasteiger partial charge >= 0.3 is 0 Å². The molecule has 2 aromatic rings. The van der Waals surface area contributed by atoms with Crippen molar-refractivity contribution < 1.29 is 19.1 Å². The number of carbonyl (C=O) groups excluding carboxylic acids is 2. The summed E-state index contributed by atoms with van der Waals surface area (Å²) in [4.78, 5) is 29.2. The maximum atomic E-state index is 12.6. The number of amides is 2. The van der Waals surface area contributed by atoms with Gasteiger partial charge in [0.05, 0.1) is 23.3 Å². The second kappa shape index (κ2) is 10.2. The van der Waals surface area contributed by atoms with Gasteiger partial charge in [0.15, 0.2) is 11.5 Å². The van der Waals surface area contributed by atoms with Gasteiger partial charge in [-0.3, -0.25) is 19.4 Å². The first-order chi connectivity index (χ1) is 15.5. The third-order valence-corrected chi connectivity index (χ3v) is 6.08. The van der Waals surface area contributed by atoms with Crippen LogP contribution < -0.4 is 20.1 Å². The van der Waals surface area contributed by atoms with Crippen LogP contribution in [0.25, 0.3) is 0 Å². The Hall–Kier alpha value is -2.81. The summed E-state index contributed by atoms with van der Waals surface area (Å²) in [5, 5.41) is 6.37. The summed E-state index contributed by atoms with van der Waals surface area (Å²) in [5.41, 5.74) is 1.58. The molecule has 0 bridgehead atoms. The zero-order valence-electron chi connectivity index (χ0n) is 18.0. The third-order valence-electron chi connectivity index (χ3n) is 5.75. The summed E-state index contributed by atoms with van der Waals surface area (Å²) >= 11 is 6.10. The van der Waals surface area contributed by atoms with Crippen LogP contribution >= 0.6 is 11.6 Å². The summed E-state index contributed by atoms with van der Waals surface area (Å²) in [6, 6.07) is 12.6. The van der Waals surface area contributed by atoms with Crippen molar-refractivity contribution in [3.05, 3.63) is 53.1 Å². The number of anilines is 1. The van der Waals surface area contributed by atoms with E-state index in [9.17, 15) is 9.59 Å². The van der Waals surface area contributed by atoms with Crippen molar-refractivity contribution in [3.63, 3.8) is 0 Å². The van der Waals surface area contributed by atoms with E-state index in [-0.39, 0.29) is 24.6 Å². The monoisotopic (exact) mass is 458 g/mol. The van der Waals surface area contributed by atoms with Gasteiger partial charge in [-0.2, -0.15) is 0 Å². The predicted molar refractivity (Wildman–Crippen MR) is 122 cm³/mol. The molecule has 4 rings (SSSR count). The minimum atomic E-state index is -0.247. The average molecular weight is 459 g/mol. The molecule has 170 valence electrons. The fourth-order valence-corrected chi connectivity index (χ4v) is 4.00. The van der Waals surface area contributed by atoms with Crippen LogP contribution in [-0.4, -0.2) is 67.2 Å². The first kappa shape index (κ1) is 22.4. The smallest absolute Gasteiger partial charge is 0.238 e. The molecule has 8 nitrogen and oxygen atoms in total. The zero-order valence-corrected chi connectivity index (χ0v) is 18.7. The first-order valence-corrected chi connectivity index (χ1v) is 11.0. The van der Waals surface area contributed by atoms with Crippen LogP contribution in [0.2, 0.25) is 5.02 Å². The summed E-state index contributed by atoms with van der Waals surface area (Å²) in [6.45, 7) is 5.75. The van der Waals surface area contributed by atoms with Gasteiger partial charge in [-0.25, -0.2) is 0 Å². The SMILES string of the molecule is C[C@H](C(=O)NCc1ccc2c(c1)OCO2)N1CCN(CC(=O)Nc2ccccc2Cl)CC1. The normalized spacial score (nSPS) is 17.1. The van der Waals surface area contributed by atoms with Crippen molar-refractivity contribution in [3.8, 4) is 11.5 Å². The van der Waals surface area contributed by atoms with Crippen molar-refractivity contribution in [2.24, 2.45) is 0 Å². The maximum Gasteiger partial charge on any atom is 0.238 e. The lowest BCUT2D eigenvalue weighted by Crippen LogP contribution is -2.54. The summed E-state index contributed by atoms with van der Waals surface area (Å²) in [6.07, 6.45) is 0. The molecule has 2 N–H and O–H groups in total. The van der Waals surface area contributed by atoms with Crippen LogP contribution in [0.4, 0.5) is 5.69 Å². The Balaban J connectivity index is 1.20. The number of nitrogens with one attached hydrogen (secondary N) is 2. The highest BCUT2D eigenvalue weighted by Crippen LogP contribution is 2.32. The topological polar surface area (TPSA) is 83.1 Å². The van der Waals surface area contributed by atoms with Gasteiger partial charge in [0.1, 0.15) is 0 Å². The Morgan fingerprint density at radius 3 is 2.59 bits per heavy atom. The first-order valence-electron chi connectivity index (χ1n) is 10.7. The lowest BCUT2D eigenvalue weighted by molar-refractivity contribution is -0.127. The van der Waals surface area contributed by atoms with Crippen molar-refractivity contribution in [2.75, 3.05) is 44.8 Å². The van der Waals surface area contributed by atoms with Gasteiger partial charge < -0.3 is 20.1 Å². The van der Waals surface area contributed by atoms with Crippen LogP contribution in [0.5, 0.6) is 11.5 Å². The largest absolute Gasteiger partial charge is 0.454 e. The minimum Gasteiger partial charge on any atom is -0.454 e. The van der Waals surface area contributed by atoms with Crippen molar-refractivity contribution in [2.45, 2.75) is 19.5 Å². The second-order valence-corrected chi connectivity index (χ2v) is 8.33. The van der Waals surface area contributed by atoms with Crippen LogP contribution in [0.3, 0.4) is 0 Å². The van der Waals surface area contributed by atoms with E-state index in [0.29, 0.717) is 29.5 Å². The Morgan fingerprint density at radius 1 is 1.06 bits per heavy atom. The van der Waals surface area contributed by atoms with Crippen LogP contribution in [0.1, 0.15) is 12.5 Å². The Bertz CT molecular complexity index is 978. The molecule has 2 amide bonds. The van der Waals surface area contributed by atoms with E-state index in [0.717, 1.165) is 37.5 Å². The van der Waals surface area contributed by atoms with Gasteiger partial charge in [-0.05, 0) is 36.8 Å². The number of benzene rings is 2. The maximum absolute atomic E-state index is 12.6. The molecule has 0 aromatic heterocycles. The predicted octanol–water partition coefficient (Wildman–Crippen LogP) is 2.33. The van der Waals surface area contributed by atoms with E-state index in [2.05, 4.69) is 20.4 Å². The molecule has 0 radical (unpaired) electrons. The molecule has 0 unspecified atom stereocenters. The number of piperazine rings is 1. The van der Waals surface area contributed by atoms with E-state index < -0.39 is 0 Å². The van der Waals surface area contributed by atoms with Gasteiger partial charge in [0.25, 0.3) is 0 Å². The molecular weight excluding hydrogens is 432 g/mol. The van der Waals surface area contributed by atoms with Crippen molar-refractivity contribution in [1.82, 2.24) is 15.1 Å². The summed E-state index contributed by atoms with van der Waals surface area (Å²) in [7, 11) is 0. The van der Waals surface area contributed by atoms with Gasteiger partial charge in [-0.15, -0.1) is 0 Å². The number of rotatable bonds is 7. The van der Waals surface area contributed by atoms with E-state index >= 15 is 0 Å². The number of ether oxygens (including phenoxy) is 2. The van der Waals surface area contributed by atoms with Crippen molar-refractivity contribution in [1.29, 1.82) is 0 Å². The summed E-state index contributed by atoms with van der Waals surface area (Å²) < 4.78 is 10.7. The molecule has 2 aromatic carbocycles. The fourth-order valence-electron chi connectivity index (χ4n) is 3.82. The third kappa shape index (κ3) is 5.51. The van der Waals surface area contributed by atoms with Crippen LogP contribution in [-0.2, 0) is 16.1 Å². The van der Waals surface area contributed by atoms with E-state index in [1.807, 2.05) is 37.3 Å². The number of para-hydroxylation sites is 1. The Kier molecular flexibility index (Phi) is 7.14. The number of hydrogen-bond acceptors (Lipinski definition) is 6. The van der Waals surface area contributed by atoms with Crippen LogP contribution in [0, 0.1) is 0 Å². The Morgan fingerprint density at radius 2 is 1.81 bits per heavy atom. The molecule has 0 aliphatic carbocycles. The highest BCUT2D eigenvalue weighted by Gasteiger charge is 2.26. The number of halogens is 1. The van der Waals surface area contributed by atoms with Gasteiger partial charge in [0, 0.05) is 32.7 Å². The Labute approximate surface area is 192 Å². The van der Waals surface area contributed by atoms with E-state index in [1.54, 1.807) is 12.1 Å². The zero-order chi connectivity index (χ0) is 22.5. The molecule has 2 aliphatic heterocycles. The number of hydrogen-bond donors (Lipinski definition) is 2. The molecule has 9 heteroatoms. The van der Waals surface area contributed by atoms with Gasteiger partial charge in [-0.1, -0.05) is 29.8 Å². The van der Waals surface area contributed by atoms with Crippen LogP contribution in [0.15, 0.2) is 42.5 Å². The van der Waals surface area contributed by atoms with E-state index in [1.165, 1.54) is 0 Å². The molecule has 32 heavy (non-hydrogen) atoms. The second-order valence-electron chi connectivity index (χ2n) is 7.92. The van der Waals surface area contributed by atoms with Crippen molar-refractivity contribution >= 4 is 29.1 Å². The highest BCUT2D eigenvalue weighted by molar-refractivity contribution is 6.33. The molecular formula is C23H27ClN4O4. The minimum absolute atomic E-state index is 0.0208. The molecule has 0 saturated carbocycles. The number of fused-ring (bicyclic) bond motifs is 1. The molecule has 2 heterocycles. The standard InChI is InChI=1S/C23H27ClN4O4/c1-16(23(30)25-13-17-6-7-20-21(12-17)32-15-31-20)28-10-8-27(9-11-28)14-22(29)26-19-5-3-2-4-18(19)24/h2-7,12,16H,8-11,13-15H2,1H3,(H,25,30)(H,26,29)/t16-/m1/s1. The quantitative estimate of drug-likeness (QED) is 0.662. The number of nitrogens with zero attached hydrogens (tertiary/aromatic N) is 2. The highest BCUT2D eigenvalue weighted by atomic mass is 35.5. The van der Waals surface area contributed by atoms with E-state index in [4.69, 9.17) is 21.1 Å². The molecule has 0 spiro atoms. The van der Waals surface area contributed by atoms with Gasteiger partial charge in [0.2, 0.25) is 18.6 Å². The molecule has 1 atom stereocenters.